The van der Waals surface area contributed by atoms with Gasteiger partial charge in [-0.1, -0.05) is 24.3 Å². The molecule has 6 heterocycles. The number of amides is 4. The average Bonchev–Trinajstić information content (AvgIpc) is 3.32. The maximum Gasteiger partial charge on any atom is 0.319 e. The van der Waals surface area contributed by atoms with Gasteiger partial charge in [-0.3, -0.25) is 14.9 Å². The van der Waals surface area contributed by atoms with Crippen molar-refractivity contribution in [3.05, 3.63) is 72.8 Å². The number of piperidine rings is 3. The van der Waals surface area contributed by atoms with Crippen LogP contribution in [0.1, 0.15) is 64.7 Å². The van der Waals surface area contributed by atoms with Gasteiger partial charge in [-0.05, 0) is 87.9 Å². The number of anilines is 5. The molecule has 65 heavy (non-hydrogen) atoms. The van der Waals surface area contributed by atoms with Crippen LogP contribution < -0.4 is 40.1 Å². The lowest BCUT2D eigenvalue weighted by Crippen LogP contribution is -2.66. The van der Waals surface area contributed by atoms with Crippen molar-refractivity contribution in [3.8, 4) is 28.5 Å². The number of fused-ring (bicyclic) bond motifs is 1. The molecular formula is C49H60N10O6. The van der Waals surface area contributed by atoms with Crippen molar-refractivity contribution in [2.75, 3.05) is 91.3 Å². The van der Waals surface area contributed by atoms with Crippen LogP contribution in [-0.4, -0.2) is 132 Å². The molecule has 6 aliphatic rings. The number of carbonyl (C=O) groups excluding carboxylic acids is 3. The molecule has 1 aromatic heterocycles. The van der Waals surface area contributed by atoms with Crippen molar-refractivity contribution in [2.45, 2.75) is 87.9 Å². The first kappa shape index (κ1) is 42.5. The van der Waals surface area contributed by atoms with Gasteiger partial charge in [0.2, 0.25) is 5.91 Å². The Hall–Kier alpha value is -6.45. The molecule has 5 aliphatic heterocycles. The average molecular weight is 885 g/mol. The Kier molecular flexibility index (Phi) is 11.2. The number of hydrogen-bond acceptors (Lipinski definition) is 13. The van der Waals surface area contributed by atoms with Crippen LogP contribution in [0.25, 0.3) is 11.3 Å². The SMILES string of the molecule is CN(C(=O)N1CCC(Oc2cccc(N3CCN(c4cc(-c5ccccc5O)nnc4N)CC34CCC4)c2)CC1)C1CCN(c2cccc3c2OCCN3[C@]2(C)CCC(=O)NC2=O)CC1. The number of hydrogen-bond donors (Lipinski definition) is 3. The standard InChI is InChI=1S/C49H60N10O6/c1-48(21-14-43(61)51-46(48)62)59-28-29-64-44-39(11-6-12-40(44)59)55-22-15-33(16-23-55)54(2)47(63)56-24-17-35(18-25-56)65-36-9-5-8-34(30-36)58-27-26-57(32-49(58)19-7-20-49)41-31-38(52-53-45(41)50)37-10-3-4-13-42(37)60/h3-6,8-13,30-31,33,35,60H,7,14-29,32H2,1-2H3,(H2,50,53)(H,51,61,62)/t48-/m1/s1. The highest BCUT2D eigenvalue weighted by Crippen LogP contribution is 2.47. The van der Waals surface area contributed by atoms with E-state index in [0.717, 1.165) is 112 Å². The zero-order chi connectivity index (χ0) is 44.9. The summed E-state index contributed by atoms with van der Waals surface area (Å²) in [5, 5.41) is 21.6. The topological polar surface area (TPSA) is 173 Å². The van der Waals surface area contributed by atoms with Gasteiger partial charge in [-0.2, -0.15) is 0 Å². The van der Waals surface area contributed by atoms with Crippen molar-refractivity contribution in [2.24, 2.45) is 0 Å². The molecule has 3 aromatic carbocycles. The summed E-state index contributed by atoms with van der Waals surface area (Å²) in [6.45, 7) is 8.16. The predicted molar refractivity (Wildman–Crippen MR) is 250 cm³/mol. The molecule has 342 valence electrons. The van der Waals surface area contributed by atoms with Crippen LogP contribution in [0.15, 0.2) is 72.8 Å². The van der Waals surface area contributed by atoms with Crippen LogP contribution in [0, 0.1) is 0 Å². The lowest BCUT2D eigenvalue weighted by molar-refractivity contribution is -0.137. The van der Waals surface area contributed by atoms with Crippen molar-refractivity contribution in [1.82, 2.24) is 25.3 Å². The number of nitrogens with zero attached hydrogens (tertiary/aromatic N) is 8. The first-order chi connectivity index (χ1) is 31.5. The number of para-hydroxylation sites is 2. The Morgan fingerprint density at radius 1 is 0.846 bits per heavy atom. The number of carbonyl (C=O) groups is 3. The Bertz CT molecular complexity index is 2450. The second kappa shape index (κ2) is 17.2. The summed E-state index contributed by atoms with van der Waals surface area (Å²) in [6.07, 6.45) is 7.31. The summed E-state index contributed by atoms with van der Waals surface area (Å²) in [5.74, 6) is 1.69. The Morgan fingerprint density at radius 2 is 1.62 bits per heavy atom. The fraction of sp³-hybridized carbons (Fsp3) is 0.490. The third kappa shape index (κ3) is 7.94. The molecule has 1 spiro atoms. The molecule has 10 rings (SSSR count). The largest absolute Gasteiger partial charge is 0.507 e. The van der Waals surface area contributed by atoms with Gasteiger partial charge < -0.3 is 49.7 Å². The number of aromatic hydroxyl groups is 1. The number of imide groups is 1. The zero-order valence-electron chi connectivity index (χ0n) is 37.5. The number of phenols is 1. The van der Waals surface area contributed by atoms with Gasteiger partial charge in [0.15, 0.2) is 11.6 Å². The summed E-state index contributed by atoms with van der Waals surface area (Å²) < 4.78 is 12.9. The number of nitrogen functional groups attached to an aromatic ring is 1. The summed E-state index contributed by atoms with van der Waals surface area (Å²) in [5.41, 5.74) is 10.7. The number of nitrogens with two attached hydrogens (primary N) is 1. The fourth-order valence-electron chi connectivity index (χ4n) is 11.1. The zero-order valence-corrected chi connectivity index (χ0v) is 37.5. The monoisotopic (exact) mass is 884 g/mol. The van der Waals surface area contributed by atoms with E-state index < -0.39 is 5.54 Å². The van der Waals surface area contributed by atoms with E-state index in [9.17, 15) is 19.5 Å². The maximum absolute atomic E-state index is 13.9. The molecule has 16 nitrogen and oxygen atoms in total. The lowest BCUT2D eigenvalue weighted by Gasteiger charge is -2.57. The molecule has 4 N–H and O–H groups in total. The summed E-state index contributed by atoms with van der Waals surface area (Å²) >= 11 is 0. The number of rotatable bonds is 8. The van der Waals surface area contributed by atoms with Crippen LogP contribution >= 0.6 is 0 Å². The minimum absolute atomic E-state index is 0.0188. The number of likely N-dealkylation sites (tertiary alicyclic amines) is 1. The number of benzene rings is 3. The number of piperazine rings is 1. The van der Waals surface area contributed by atoms with Gasteiger partial charge in [0.05, 0.1) is 34.8 Å². The molecule has 5 fully saturated rings. The smallest absolute Gasteiger partial charge is 0.319 e. The quantitative estimate of drug-likeness (QED) is 0.186. The van der Waals surface area contributed by atoms with Crippen LogP contribution in [0.4, 0.5) is 33.4 Å². The highest BCUT2D eigenvalue weighted by atomic mass is 16.5. The van der Waals surface area contributed by atoms with E-state index in [-0.39, 0.29) is 41.3 Å². The number of aromatic nitrogens is 2. The number of ether oxygens (including phenoxy) is 2. The van der Waals surface area contributed by atoms with E-state index in [2.05, 4.69) is 59.4 Å². The minimum atomic E-state index is -0.830. The van der Waals surface area contributed by atoms with E-state index >= 15 is 0 Å². The third-order valence-electron chi connectivity index (χ3n) is 15.1. The fourth-order valence-corrected chi connectivity index (χ4v) is 11.1. The van der Waals surface area contributed by atoms with Gasteiger partial charge in [-0.25, -0.2) is 4.79 Å². The highest BCUT2D eigenvalue weighted by Gasteiger charge is 2.48. The molecule has 4 aromatic rings. The number of nitrogens with one attached hydrogen (secondary N) is 1. The predicted octanol–water partition coefficient (Wildman–Crippen LogP) is 5.64. The Balaban J connectivity index is 0.725. The lowest BCUT2D eigenvalue weighted by atomic mass is 9.73. The van der Waals surface area contributed by atoms with E-state index in [0.29, 0.717) is 56.2 Å². The van der Waals surface area contributed by atoms with Crippen LogP contribution in [0.2, 0.25) is 0 Å². The van der Waals surface area contributed by atoms with Crippen molar-refractivity contribution >= 4 is 46.4 Å². The van der Waals surface area contributed by atoms with E-state index in [4.69, 9.17) is 15.2 Å². The van der Waals surface area contributed by atoms with E-state index in [1.807, 2.05) is 60.2 Å². The van der Waals surface area contributed by atoms with E-state index in [1.165, 1.54) is 0 Å². The molecule has 4 amide bonds. The van der Waals surface area contributed by atoms with Gasteiger partial charge in [0.25, 0.3) is 5.91 Å². The van der Waals surface area contributed by atoms with Crippen molar-refractivity contribution < 1.29 is 29.0 Å². The van der Waals surface area contributed by atoms with Crippen LogP contribution in [0.5, 0.6) is 17.2 Å². The molecule has 1 aliphatic carbocycles. The van der Waals surface area contributed by atoms with Gasteiger partial charge >= 0.3 is 6.03 Å². The van der Waals surface area contributed by atoms with Crippen molar-refractivity contribution in [1.29, 1.82) is 0 Å². The molecule has 0 unspecified atom stereocenters. The van der Waals surface area contributed by atoms with Crippen LogP contribution in [-0.2, 0) is 9.59 Å². The van der Waals surface area contributed by atoms with Gasteiger partial charge in [-0.15, -0.1) is 10.2 Å². The second-order valence-corrected chi connectivity index (χ2v) is 18.9. The summed E-state index contributed by atoms with van der Waals surface area (Å²) in [4.78, 5) is 52.2. The normalized spacial score (nSPS) is 22.5. The molecule has 16 heteroatoms. The summed E-state index contributed by atoms with van der Waals surface area (Å²) in [7, 11) is 1.94. The number of phenolic OH excluding ortho intramolecular Hbond substituents is 1. The Labute approximate surface area is 380 Å². The highest BCUT2D eigenvalue weighted by molar-refractivity contribution is 6.04. The molecule has 4 saturated heterocycles. The van der Waals surface area contributed by atoms with Crippen LogP contribution in [0.3, 0.4) is 0 Å². The third-order valence-corrected chi connectivity index (χ3v) is 15.1. The van der Waals surface area contributed by atoms with Gasteiger partial charge in [0, 0.05) is 95.5 Å². The molecular weight excluding hydrogens is 825 g/mol. The minimum Gasteiger partial charge on any atom is -0.507 e. The number of urea groups is 1. The van der Waals surface area contributed by atoms with Crippen molar-refractivity contribution in [3.63, 3.8) is 0 Å². The molecule has 1 saturated carbocycles. The van der Waals surface area contributed by atoms with E-state index in [1.54, 1.807) is 12.1 Å². The molecule has 0 radical (unpaired) electrons. The maximum atomic E-state index is 13.9. The summed E-state index contributed by atoms with van der Waals surface area (Å²) in [6, 6.07) is 23.9. The van der Waals surface area contributed by atoms with Gasteiger partial charge in [0.1, 0.15) is 29.7 Å². The Morgan fingerprint density at radius 3 is 2.37 bits per heavy atom. The second-order valence-electron chi connectivity index (χ2n) is 18.9. The molecule has 0 bridgehead atoms. The first-order valence-corrected chi connectivity index (χ1v) is 23.3. The molecule has 1 atom stereocenters. The first-order valence-electron chi connectivity index (χ1n) is 23.3.